The molecule has 0 saturated heterocycles. The zero-order valence-electron chi connectivity index (χ0n) is 9.24. The zero-order chi connectivity index (χ0) is 11.1. The Morgan fingerprint density at radius 3 is 2.88 bits per heavy atom. The highest BCUT2D eigenvalue weighted by Gasteiger charge is 2.11. The van der Waals surface area contributed by atoms with Crippen LogP contribution in [0.15, 0.2) is 35.2 Å². The van der Waals surface area contributed by atoms with Crippen LogP contribution in [0, 0.1) is 13.8 Å². The molecule has 0 atom stereocenters. The average Bonchev–Trinajstić information content (AvgIpc) is 2.92. The zero-order valence-corrected chi connectivity index (χ0v) is 9.24. The molecule has 0 radical (unpaired) electrons. The molecule has 0 spiro atoms. The van der Waals surface area contributed by atoms with E-state index in [4.69, 9.17) is 4.42 Å². The first-order valence-electron chi connectivity index (χ1n) is 5.24. The van der Waals surface area contributed by atoms with Crippen LogP contribution in [0.3, 0.4) is 0 Å². The first kappa shape index (κ1) is 9.21. The van der Waals surface area contributed by atoms with Gasteiger partial charge in [0.25, 0.3) is 0 Å². The number of benzene rings is 1. The first-order chi connectivity index (χ1) is 7.77. The number of imidazole rings is 1. The van der Waals surface area contributed by atoms with Crippen LogP contribution >= 0.6 is 0 Å². The van der Waals surface area contributed by atoms with Crippen molar-refractivity contribution in [3.05, 3.63) is 41.9 Å². The second kappa shape index (κ2) is 3.23. The molecule has 0 aliphatic heterocycles. The van der Waals surface area contributed by atoms with Gasteiger partial charge in [-0.3, -0.25) is 0 Å². The molecular formula is C13H12N2O. The van der Waals surface area contributed by atoms with Gasteiger partial charge < -0.3 is 9.40 Å². The fraction of sp³-hybridized carbons (Fsp3) is 0.154. The predicted octanol–water partition coefficient (Wildman–Crippen LogP) is 3.44. The van der Waals surface area contributed by atoms with E-state index in [0.29, 0.717) is 0 Å². The third-order valence-electron chi connectivity index (χ3n) is 3.07. The van der Waals surface area contributed by atoms with E-state index < -0.39 is 0 Å². The van der Waals surface area contributed by atoms with Crippen LogP contribution in [0.25, 0.3) is 22.4 Å². The second-order valence-electron chi connectivity index (χ2n) is 3.95. The normalized spacial score (nSPS) is 11.1. The molecule has 0 amide bonds. The number of aromatic amines is 1. The lowest BCUT2D eigenvalue weighted by molar-refractivity contribution is 0.582. The molecule has 2 heterocycles. The Morgan fingerprint density at radius 2 is 2.12 bits per heavy atom. The second-order valence-corrected chi connectivity index (χ2v) is 3.95. The molecule has 1 N–H and O–H groups in total. The average molecular weight is 212 g/mol. The molecule has 2 aromatic heterocycles. The Bertz CT molecular complexity index is 635. The van der Waals surface area contributed by atoms with E-state index in [2.05, 4.69) is 29.9 Å². The molecule has 3 aromatic rings. The molecule has 0 aliphatic rings. The van der Waals surface area contributed by atoms with Gasteiger partial charge in [-0.25, -0.2) is 4.98 Å². The third-order valence-corrected chi connectivity index (χ3v) is 3.07. The van der Waals surface area contributed by atoms with E-state index >= 15 is 0 Å². The Hall–Kier alpha value is -2.03. The number of furan rings is 1. The summed E-state index contributed by atoms with van der Waals surface area (Å²) in [5, 5.41) is 0. The minimum absolute atomic E-state index is 0.900. The van der Waals surface area contributed by atoms with Crippen LogP contribution in [-0.2, 0) is 0 Å². The number of rotatable bonds is 1. The van der Waals surface area contributed by atoms with Crippen molar-refractivity contribution in [3.63, 3.8) is 0 Å². The monoisotopic (exact) mass is 212 g/mol. The van der Waals surface area contributed by atoms with Gasteiger partial charge in [-0.2, -0.15) is 0 Å². The maximum Gasteiger partial charge on any atom is 0.134 e. The van der Waals surface area contributed by atoms with Crippen LogP contribution in [0.4, 0.5) is 0 Å². The van der Waals surface area contributed by atoms with Crippen molar-refractivity contribution in [2.24, 2.45) is 0 Å². The minimum Gasteiger partial charge on any atom is -0.464 e. The summed E-state index contributed by atoms with van der Waals surface area (Å²) in [4.78, 5) is 7.45. The van der Waals surface area contributed by atoms with Gasteiger partial charge in [-0.15, -0.1) is 0 Å². The Kier molecular flexibility index (Phi) is 1.86. The maximum atomic E-state index is 5.45. The van der Waals surface area contributed by atoms with Crippen LogP contribution in [0.1, 0.15) is 11.1 Å². The summed E-state index contributed by atoms with van der Waals surface area (Å²) < 4.78 is 5.45. The number of nitrogens with one attached hydrogen (secondary N) is 1. The SMILES string of the molecule is Cc1c(-c2ccco2)cc2[nH]cnc2c1C. The number of aryl methyl sites for hydroxylation is 1. The van der Waals surface area contributed by atoms with Crippen LogP contribution in [0.5, 0.6) is 0 Å². The Morgan fingerprint density at radius 1 is 1.25 bits per heavy atom. The van der Waals surface area contributed by atoms with E-state index in [1.807, 2.05) is 12.1 Å². The summed E-state index contributed by atoms with van der Waals surface area (Å²) in [5.41, 5.74) is 5.63. The lowest BCUT2D eigenvalue weighted by Gasteiger charge is -2.07. The van der Waals surface area contributed by atoms with Gasteiger partial charge in [0, 0.05) is 5.56 Å². The molecule has 0 bridgehead atoms. The highest BCUT2D eigenvalue weighted by molar-refractivity contribution is 5.86. The van der Waals surface area contributed by atoms with Gasteiger partial charge in [0.05, 0.1) is 23.6 Å². The first-order valence-corrected chi connectivity index (χ1v) is 5.24. The summed E-state index contributed by atoms with van der Waals surface area (Å²) in [6.07, 6.45) is 3.42. The molecule has 0 saturated carbocycles. The molecule has 80 valence electrons. The van der Waals surface area contributed by atoms with E-state index in [0.717, 1.165) is 22.4 Å². The van der Waals surface area contributed by atoms with Crippen LogP contribution < -0.4 is 0 Å². The largest absolute Gasteiger partial charge is 0.464 e. The molecule has 16 heavy (non-hydrogen) atoms. The fourth-order valence-corrected chi connectivity index (χ4v) is 2.03. The predicted molar refractivity (Wildman–Crippen MR) is 63.3 cm³/mol. The van der Waals surface area contributed by atoms with E-state index in [-0.39, 0.29) is 0 Å². The lowest BCUT2D eigenvalue weighted by Crippen LogP contribution is -1.88. The van der Waals surface area contributed by atoms with Crippen molar-refractivity contribution in [2.45, 2.75) is 13.8 Å². The van der Waals surface area contributed by atoms with Gasteiger partial charge in [0.1, 0.15) is 5.76 Å². The number of aromatic nitrogens is 2. The quantitative estimate of drug-likeness (QED) is 0.671. The molecule has 0 fully saturated rings. The van der Waals surface area contributed by atoms with Gasteiger partial charge in [0.15, 0.2) is 0 Å². The van der Waals surface area contributed by atoms with E-state index in [1.54, 1.807) is 12.6 Å². The van der Waals surface area contributed by atoms with Crippen molar-refractivity contribution >= 4 is 11.0 Å². The van der Waals surface area contributed by atoms with Gasteiger partial charge in [-0.05, 0) is 43.2 Å². The third kappa shape index (κ3) is 1.18. The van der Waals surface area contributed by atoms with Gasteiger partial charge >= 0.3 is 0 Å². The smallest absolute Gasteiger partial charge is 0.134 e. The minimum atomic E-state index is 0.900. The van der Waals surface area contributed by atoms with E-state index in [9.17, 15) is 0 Å². The summed E-state index contributed by atoms with van der Waals surface area (Å²) in [7, 11) is 0. The number of fused-ring (bicyclic) bond motifs is 1. The van der Waals surface area contributed by atoms with Crippen LogP contribution in [-0.4, -0.2) is 9.97 Å². The molecule has 0 unspecified atom stereocenters. The summed E-state index contributed by atoms with van der Waals surface area (Å²) >= 11 is 0. The standard InChI is InChI=1S/C13H12N2O/c1-8-9(2)13-11(14-7-15-13)6-10(8)12-4-3-5-16-12/h3-7H,1-2H3,(H,14,15). The number of H-pyrrole nitrogens is 1. The van der Waals surface area contributed by atoms with Crippen molar-refractivity contribution < 1.29 is 4.42 Å². The van der Waals surface area contributed by atoms with E-state index in [1.165, 1.54) is 11.1 Å². The molecule has 1 aromatic carbocycles. The van der Waals surface area contributed by atoms with Gasteiger partial charge in [-0.1, -0.05) is 0 Å². The topological polar surface area (TPSA) is 41.8 Å². The molecular weight excluding hydrogens is 200 g/mol. The number of hydrogen-bond acceptors (Lipinski definition) is 2. The molecule has 3 heteroatoms. The van der Waals surface area contributed by atoms with Crippen molar-refractivity contribution in [1.82, 2.24) is 9.97 Å². The van der Waals surface area contributed by atoms with Crippen molar-refractivity contribution in [3.8, 4) is 11.3 Å². The summed E-state index contributed by atoms with van der Waals surface area (Å²) in [6, 6.07) is 5.97. The molecule has 3 nitrogen and oxygen atoms in total. The van der Waals surface area contributed by atoms with Crippen molar-refractivity contribution in [2.75, 3.05) is 0 Å². The summed E-state index contributed by atoms with van der Waals surface area (Å²) in [5.74, 6) is 0.900. The highest BCUT2D eigenvalue weighted by Crippen LogP contribution is 2.30. The number of hydrogen-bond donors (Lipinski definition) is 1. The Balaban J connectivity index is 2.37. The van der Waals surface area contributed by atoms with Crippen LogP contribution in [0.2, 0.25) is 0 Å². The number of nitrogens with zero attached hydrogens (tertiary/aromatic N) is 1. The fourth-order valence-electron chi connectivity index (χ4n) is 2.03. The highest BCUT2D eigenvalue weighted by atomic mass is 16.3. The van der Waals surface area contributed by atoms with Crippen molar-refractivity contribution in [1.29, 1.82) is 0 Å². The van der Waals surface area contributed by atoms with Gasteiger partial charge in [0.2, 0.25) is 0 Å². The lowest BCUT2D eigenvalue weighted by atomic mass is 10.00. The summed E-state index contributed by atoms with van der Waals surface area (Å²) in [6.45, 7) is 4.19. The molecule has 0 aliphatic carbocycles. The Labute approximate surface area is 93.1 Å². The molecule has 3 rings (SSSR count). The maximum absolute atomic E-state index is 5.45.